The molecule has 2 aromatic rings. The zero-order chi connectivity index (χ0) is 11.6. The van der Waals surface area contributed by atoms with Crippen LogP contribution in [0, 0.1) is 11.5 Å². The lowest BCUT2D eigenvalue weighted by Crippen LogP contribution is -2.16. The Labute approximate surface area is 100 Å². The molecule has 0 amide bonds. The molecule has 0 saturated heterocycles. The highest BCUT2D eigenvalue weighted by molar-refractivity contribution is 7.16. The molecule has 2 rings (SSSR count). The van der Waals surface area contributed by atoms with Crippen LogP contribution in [0.3, 0.4) is 0 Å². The van der Waals surface area contributed by atoms with Gasteiger partial charge in [-0.1, -0.05) is 25.6 Å². The van der Waals surface area contributed by atoms with E-state index in [0.717, 1.165) is 15.5 Å². The molecule has 0 saturated carbocycles. The molecule has 2 aromatic heterocycles. The third-order valence-electron chi connectivity index (χ3n) is 1.84. The molecule has 0 atom stereocenters. The summed E-state index contributed by atoms with van der Waals surface area (Å²) in [7, 11) is -1.29. The van der Waals surface area contributed by atoms with E-state index >= 15 is 0 Å². The van der Waals surface area contributed by atoms with Crippen molar-refractivity contribution in [2.24, 2.45) is 0 Å². The van der Waals surface area contributed by atoms with Crippen LogP contribution in [-0.2, 0) is 0 Å². The summed E-state index contributed by atoms with van der Waals surface area (Å²) in [6.45, 7) is 6.72. The van der Waals surface area contributed by atoms with Gasteiger partial charge in [-0.3, -0.25) is 0 Å². The second-order valence-electron chi connectivity index (χ2n) is 4.53. The van der Waals surface area contributed by atoms with Crippen LogP contribution in [0.4, 0.5) is 0 Å². The second kappa shape index (κ2) is 4.28. The summed E-state index contributed by atoms with van der Waals surface area (Å²) >= 11 is 1.65. The van der Waals surface area contributed by atoms with E-state index < -0.39 is 8.07 Å². The molecule has 0 aliphatic carbocycles. The van der Waals surface area contributed by atoms with Crippen LogP contribution < -0.4 is 0 Å². The van der Waals surface area contributed by atoms with Gasteiger partial charge in [0.05, 0.1) is 16.0 Å². The van der Waals surface area contributed by atoms with Crippen molar-refractivity contribution < 1.29 is 4.42 Å². The number of rotatable bonds is 1. The van der Waals surface area contributed by atoms with Crippen LogP contribution in [0.25, 0.3) is 10.6 Å². The topological polar surface area (TPSA) is 26.0 Å². The van der Waals surface area contributed by atoms with Crippen molar-refractivity contribution >= 4 is 19.4 Å². The van der Waals surface area contributed by atoms with E-state index in [1.807, 2.05) is 12.1 Å². The minimum atomic E-state index is -1.29. The minimum absolute atomic E-state index is 0.811. The molecule has 0 spiro atoms. The first-order valence-electron chi connectivity index (χ1n) is 5.06. The quantitative estimate of drug-likeness (QED) is 0.568. The van der Waals surface area contributed by atoms with Crippen molar-refractivity contribution in [1.82, 2.24) is 4.98 Å². The predicted octanol–water partition coefficient (Wildman–Crippen LogP) is 3.63. The fourth-order valence-corrected chi connectivity index (χ4v) is 2.54. The monoisotopic (exact) mass is 247 g/mol. The highest BCUT2D eigenvalue weighted by atomic mass is 32.1. The highest BCUT2D eigenvalue weighted by Crippen LogP contribution is 2.27. The SMILES string of the molecule is C[Si](C)(C)C#Cc1ccc(-c2cnco2)s1. The van der Waals surface area contributed by atoms with E-state index in [9.17, 15) is 0 Å². The molecule has 0 unspecified atom stereocenters. The summed E-state index contributed by atoms with van der Waals surface area (Å²) in [5, 5.41) is 0. The van der Waals surface area contributed by atoms with Crippen LogP contribution in [0.5, 0.6) is 0 Å². The van der Waals surface area contributed by atoms with E-state index in [0.29, 0.717) is 0 Å². The van der Waals surface area contributed by atoms with Gasteiger partial charge in [0.25, 0.3) is 0 Å². The van der Waals surface area contributed by atoms with Gasteiger partial charge in [-0.15, -0.1) is 16.9 Å². The molecular weight excluding hydrogens is 234 g/mol. The van der Waals surface area contributed by atoms with Gasteiger partial charge >= 0.3 is 0 Å². The summed E-state index contributed by atoms with van der Waals surface area (Å²) in [4.78, 5) is 6.08. The van der Waals surface area contributed by atoms with Crippen molar-refractivity contribution in [3.63, 3.8) is 0 Å². The summed E-state index contributed by atoms with van der Waals surface area (Å²) in [6.07, 6.45) is 3.17. The summed E-state index contributed by atoms with van der Waals surface area (Å²) in [5.41, 5.74) is 3.35. The van der Waals surface area contributed by atoms with Gasteiger partial charge in [-0.25, -0.2) is 4.98 Å². The summed E-state index contributed by atoms with van der Waals surface area (Å²) in [6, 6.07) is 4.06. The van der Waals surface area contributed by atoms with E-state index in [2.05, 4.69) is 36.1 Å². The van der Waals surface area contributed by atoms with Crippen LogP contribution in [-0.4, -0.2) is 13.1 Å². The van der Waals surface area contributed by atoms with E-state index in [-0.39, 0.29) is 0 Å². The second-order valence-corrected chi connectivity index (χ2v) is 10.4. The van der Waals surface area contributed by atoms with Crippen LogP contribution in [0.2, 0.25) is 19.6 Å². The molecule has 0 fully saturated rings. The Bertz CT molecular complexity index is 525. The smallest absolute Gasteiger partial charge is 0.181 e. The van der Waals surface area contributed by atoms with Crippen LogP contribution in [0.1, 0.15) is 4.88 Å². The summed E-state index contributed by atoms with van der Waals surface area (Å²) in [5.74, 6) is 4.05. The average Bonchev–Trinajstić information content (AvgIpc) is 2.84. The molecule has 0 N–H and O–H groups in total. The number of nitrogens with zero attached hydrogens (tertiary/aromatic N) is 1. The fraction of sp³-hybridized carbons (Fsp3) is 0.250. The average molecular weight is 247 g/mol. The van der Waals surface area contributed by atoms with Crippen molar-refractivity contribution in [2.75, 3.05) is 0 Å². The van der Waals surface area contributed by atoms with Crippen molar-refractivity contribution in [1.29, 1.82) is 0 Å². The van der Waals surface area contributed by atoms with Gasteiger partial charge in [-0.05, 0) is 12.1 Å². The Hall–Kier alpha value is -1.31. The molecule has 16 heavy (non-hydrogen) atoms. The molecule has 0 aromatic carbocycles. The van der Waals surface area contributed by atoms with E-state index in [1.54, 1.807) is 17.5 Å². The normalized spacial score (nSPS) is 10.9. The number of thiophene rings is 1. The molecule has 82 valence electrons. The van der Waals surface area contributed by atoms with Crippen molar-refractivity contribution in [3.8, 4) is 22.1 Å². The Balaban J connectivity index is 2.23. The largest absolute Gasteiger partial charge is 0.443 e. The van der Waals surface area contributed by atoms with Crippen LogP contribution >= 0.6 is 11.3 Å². The maximum Gasteiger partial charge on any atom is 0.181 e. The van der Waals surface area contributed by atoms with Gasteiger partial charge in [0, 0.05) is 0 Å². The van der Waals surface area contributed by atoms with Crippen LogP contribution in [0.15, 0.2) is 29.1 Å². The molecule has 0 aliphatic rings. The van der Waals surface area contributed by atoms with Crippen molar-refractivity contribution in [2.45, 2.75) is 19.6 Å². The molecule has 2 nitrogen and oxygen atoms in total. The number of aromatic nitrogens is 1. The van der Waals surface area contributed by atoms with Gasteiger partial charge in [0.2, 0.25) is 0 Å². The van der Waals surface area contributed by atoms with E-state index in [1.165, 1.54) is 6.39 Å². The molecule has 0 bridgehead atoms. The first-order chi connectivity index (χ1) is 7.54. The standard InChI is InChI=1S/C12H13NOSSi/c1-16(2,3)7-6-10-4-5-12(15-10)11-8-13-9-14-11/h4-5,8-9H,1-3H3. The molecule has 0 aliphatic heterocycles. The number of hydrogen-bond donors (Lipinski definition) is 0. The zero-order valence-electron chi connectivity index (χ0n) is 9.57. The van der Waals surface area contributed by atoms with Gasteiger partial charge in [-0.2, -0.15) is 0 Å². The van der Waals surface area contributed by atoms with Gasteiger partial charge in [0.1, 0.15) is 8.07 Å². The molecule has 4 heteroatoms. The van der Waals surface area contributed by atoms with Gasteiger partial charge in [0.15, 0.2) is 12.2 Å². The highest BCUT2D eigenvalue weighted by Gasteiger charge is 2.08. The number of hydrogen-bond acceptors (Lipinski definition) is 3. The zero-order valence-corrected chi connectivity index (χ0v) is 11.4. The van der Waals surface area contributed by atoms with Gasteiger partial charge < -0.3 is 4.42 Å². The maximum atomic E-state index is 5.24. The Morgan fingerprint density at radius 2 is 2.12 bits per heavy atom. The molecule has 0 radical (unpaired) electrons. The Kier molecular flexibility index (Phi) is 2.99. The lowest BCUT2D eigenvalue weighted by atomic mass is 10.4. The third-order valence-corrected chi connectivity index (χ3v) is 3.73. The Morgan fingerprint density at radius 1 is 1.31 bits per heavy atom. The Morgan fingerprint density at radius 3 is 2.75 bits per heavy atom. The number of oxazole rings is 1. The third kappa shape index (κ3) is 2.84. The lowest BCUT2D eigenvalue weighted by Gasteiger charge is -2.02. The lowest BCUT2D eigenvalue weighted by molar-refractivity contribution is 0.573. The first kappa shape index (κ1) is 11.2. The van der Waals surface area contributed by atoms with Crippen molar-refractivity contribution in [3.05, 3.63) is 29.6 Å². The molecule has 2 heterocycles. The molecular formula is C12H13NOSSi. The summed E-state index contributed by atoms with van der Waals surface area (Å²) < 4.78 is 5.24. The predicted molar refractivity (Wildman–Crippen MR) is 70.0 cm³/mol. The maximum absolute atomic E-state index is 5.24. The minimum Gasteiger partial charge on any atom is -0.443 e. The van der Waals surface area contributed by atoms with E-state index in [4.69, 9.17) is 4.42 Å². The fourth-order valence-electron chi connectivity index (χ4n) is 1.12. The first-order valence-corrected chi connectivity index (χ1v) is 9.38.